The maximum atomic E-state index is 13.7. The Labute approximate surface area is 185 Å². The highest BCUT2D eigenvalue weighted by atomic mass is 19.1. The highest BCUT2D eigenvalue weighted by Gasteiger charge is 2.31. The van der Waals surface area contributed by atoms with E-state index >= 15 is 0 Å². The quantitative estimate of drug-likeness (QED) is 0.549. The van der Waals surface area contributed by atoms with E-state index in [2.05, 4.69) is 10.4 Å². The predicted octanol–water partition coefficient (Wildman–Crippen LogP) is 3.53. The maximum absolute atomic E-state index is 13.7. The molecule has 0 radical (unpaired) electrons. The number of carbonyl (C=O) groups excluding carboxylic acids is 2. The number of benzene rings is 2. The Bertz CT molecular complexity index is 1160. The Kier molecular flexibility index (Phi) is 5.94. The fraction of sp³-hybridized carbons (Fsp3) is 0.292. The Hall–Kier alpha value is -3.68. The Morgan fingerprint density at radius 2 is 1.88 bits per heavy atom. The number of aryl methyl sites for hydroxylation is 1. The molecule has 1 aromatic heterocycles. The average Bonchev–Trinajstić information content (AvgIpc) is 3.35. The van der Waals surface area contributed by atoms with Crippen LogP contribution in [0.2, 0.25) is 0 Å². The van der Waals surface area contributed by atoms with Gasteiger partial charge in [0, 0.05) is 24.1 Å². The van der Waals surface area contributed by atoms with Gasteiger partial charge in [-0.1, -0.05) is 42.5 Å². The number of aromatic nitrogens is 2. The van der Waals surface area contributed by atoms with E-state index in [0.29, 0.717) is 42.6 Å². The molecule has 166 valence electrons. The summed E-state index contributed by atoms with van der Waals surface area (Å²) < 4.78 is 15.2. The van der Waals surface area contributed by atoms with E-state index in [4.69, 9.17) is 11.5 Å². The van der Waals surface area contributed by atoms with Crippen LogP contribution in [-0.2, 0) is 6.54 Å². The number of nitrogen functional groups attached to an aromatic ring is 1. The van der Waals surface area contributed by atoms with E-state index in [-0.39, 0.29) is 23.3 Å². The van der Waals surface area contributed by atoms with Crippen LogP contribution in [0, 0.1) is 6.92 Å². The molecule has 0 spiro atoms. The summed E-state index contributed by atoms with van der Waals surface area (Å²) in [5.74, 6) is -0.647. The molecule has 1 heterocycles. The van der Waals surface area contributed by atoms with Gasteiger partial charge in [0.2, 0.25) is 0 Å². The number of nitrogens with one attached hydrogen (secondary N) is 1. The van der Waals surface area contributed by atoms with Crippen molar-refractivity contribution < 1.29 is 14.0 Å². The summed E-state index contributed by atoms with van der Waals surface area (Å²) in [6.07, 6.45) is 0.500. The van der Waals surface area contributed by atoms with Crippen molar-refractivity contribution in [3.63, 3.8) is 0 Å². The van der Waals surface area contributed by atoms with Gasteiger partial charge in [-0.3, -0.25) is 9.59 Å². The van der Waals surface area contributed by atoms with Gasteiger partial charge in [-0.05, 0) is 37.0 Å². The van der Waals surface area contributed by atoms with Gasteiger partial charge in [0.15, 0.2) is 0 Å². The summed E-state index contributed by atoms with van der Waals surface area (Å²) in [7, 11) is 0. The normalized spacial score (nSPS) is 17.9. The molecule has 2 atom stereocenters. The summed E-state index contributed by atoms with van der Waals surface area (Å²) in [6, 6.07) is 14.5. The molecule has 0 aliphatic heterocycles. The molecule has 4 rings (SSSR count). The van der Waals surface area contributed by atoms with Crippen LogP contribution >= 0.6 is 0 Å². The minimum atomic E-state index is -0.891. The standard InChI is InChI=1S/C24H26FN5O2/c1-14-4-2-3-5-19(14)24(32)28-13-15-6-8-16(9-7-15)21-20(23(27)31)22(26)30(29-21)18-11-10-17(25)12-18/h2-9,17-18H,10-13,26H2,1H3,(H2,27,31)(H,28,32)/t17-,18-/m0/s1. The molecular weight excluding hydrogens is 409 g/mol. The van der Waals surface area contributed by atoms with Gasteiger partial charge in [0.25, 0.3) is 11.8 Å². The number of nitrogens with two attached hydrogens (primary N) is 2. The third kappa shape index (κ3) is 4.21. The molecule has 2 aromatic carbocycles. The van der Waals surface area contributed by atoms with E-state index in [0.717, 1.165) is 11.1 Å². The van der Waals surface area contributed by atoms with Gasteiger partial charge in [-0.25, -0.2) is 9.07 Å². The summed E-state index contributed by atoms with van der Waals surface area (Å²) in [4.78, 5) is 24.5. The number of anilines is 1. The topological polar surface area (TPSA) is 116 Å². The van der Waals surface area contributed by atoms with Crippen molar-refractivity contribution >= 4 is 17.6 Å². The lowest BCUT2D eigenvalue weighted by Gasteiger charge is -2.11. The third-order valence-corrected chi connectivity index (χ3v) is 5.95. The largest absolute Gasteiger partial charge is 0.383 e. The fourth-order valence-electron chi connectivity index (χ4n) is 4.18. The monoisotopic (exact) mass is 435 g/mol. The molecule has 3 aromatic rings. The highest BCUT2D eigenvalue weighted by Crippen LogP contribution is 2.36. The number of hydrogen-bond donors (Lipinski definition) is 3. The van der Waals surface area contributed by atoms with Crippen LogP contribution < -0.4 is 16.8 Å². The molecule has 5 N–H and O–H groups in total. The molecule has 2 amide bonds. The number of carbonyl (C=O) groups is 2. The molecule has 8 heteroatoms. The molecule has 1 aliphatic carbocycles. The molecule has 0 saturated heterocycles. The molecular formula is C24H26FN5O2. The van der Waals surface area contributed by atoms with Crippen molar-refractivity contribution in [3.8, 4) is 11.3 Å². The zero-order chi connectivity index (χ0) is 22.8. The molecule has 0 unspecified atom stereocenters. The van der Waals surface area contributed by atoms with Crippen molar-refractivity contribution in [2.45, 2.75) is 44.9 Å². The fourth-order valence-corrected chi connectivity index (χ4v) is 4.18. The highest BCUT2D eigenvalue weighted by molar-refractivity contribution is 6.03. The molecule has 0 bridgehead atoms. The van der Waals surface area contributed by atoms with Crippen LogP contribution in [-0.4, -0.2) is 27.8 Å². The second-order valence-electron chi connectivity index (χ2n) is 8.18. The van der Waals surface area contributed by atoms with Crippen LogP contribution in [0.4, 0.5) is 10.2 Å². The molecule has 32 heavy (non-hydrogen) atoms. The van der Waals surface area contributed by atoms with Crippen LogP contribution in [0.25, 0.3) is 11.3 Å². The van der Waals surface area contributed by atoms with Crippen LogP contribution in [0.5, 0.6) is 0 Å². The zero-order valence-electron chi connectivity index (χ0n) is 17.8. The summed E-state index contributed by atoms with van der Waals surface area (Å²) in [5.41, 5.74) is 15.4. The van der Waals surface area contributed by atoms with Crippen LogP contribution in [0.15, 0.2) is 48.5 Å². The first-order chi connectivity index (χ1) is 15.3. The summed E-state index contributed by atoms with van der Waals surface area (Å²) in [6.45, 7) is 2.25. The second kappa shape index (κ2) is 8.82. The average molecular weight is 436 g/mol. The Morgan fingerprint density at radius 1 is 1.16 bits per heavy atom. The van der Waals surface area contributed by atoms with E-state index in [9.17, 15) is 14.0 Å². The van der Waals surface area contributed by atoms with Crippen molar-refractivity contribution in [2.75, 3.05) is 5.73 Å². The zero-order valence-corrected chi connectivity index (χ0v) is 17.8. The van der Waals surface area contributed by atoms with Gasteiger partial charge >= 0.3 is 0 Å². The molecule has 1 saturated carbocycles. The van der Waals surface area contributed by atoms with E-state index in [1.807, 2.05) is 37.3 Å². The Morgan fingerprint density at radius 3 is 2.50 bits per heavy atom. The number of alkyl halides is 1. The van der Waals surface area contributed by atoms with E-state index in [1.54, 1.807) is 18.2 Å². The number of primary amides is 1. The Balaban J connectivity index is 1.53. The van der Waals surface area contributed by atoms with Crippen molar-refractivity contribution in [3.05, 3.63) is 70.8 Å². The first kappa shape index (κ1) is 21.5. The van der Waals surface area contributed by atoms with Gasteiger partial charge in [0.1, 0.15) is 23.2 Å². The van der Waals surface area contributed by atoms with Crippen LogP contribution in [0.3, 0.4) is 0 Å². The molecule has 1 aliphatic rings. The number of hydrogen-bond acceptors (Lipinski definition) is 4. The number of rotatable bonds is 6. The number of halogens is 1. The minimum absolute atomic E-state index is 0.141. The molecule has 1 fully saturated rings. The SMILES string of the molecule is Cc1ccccc1C(=O)NCc1ccc(-c2nn([C@H]3CC[C@H](F)C3)c(N)c2C(N)=O)cc1. The van der Waals surface area contributed by atoms with Gasteiger partial charge in [-0.2, -0.15) is 5.10 Å². The van der Waals surface area contributed by atoms with Crippen molar-refractivity contribution in [1.29, 1.82) is 0 Å². The maximum Gasteiger partial charge on any atom is 0.254 e. The van der Waals surface area contributed by atoms with E-state index < -0.39 is 12.1 Å². The number of nitrogens with zero attached hydrogens (tertiary/aromatic N) is 2. The smallest absolute Gasteiger partial charge is 0.254 e. The summed E-state index contributed by atoms with van der Waals surface area (Å²) in [5, 5.41) is 7.44. The lowest BCUT2D eigenvalue weighted by molar-refractivity contribution is 0.0949. The van der Waals surface area contributed by atoms with Gasteiger partial charge < -0.3 is 16.8 Å². The van der Waals surface area contributed by atoms with Crippen molar-refractivity contribution in [2.24, 2.45) is 5.73 Å². The lowest BCUT2D eigenvalue weighted by atomic mass is 10.0. The lowest BCUT2D eigenvalue weighted by Crippen LogP contribution is -2.23. The second-order valence-corrected chi connectivity index (χ2v) is 8.18. The third-order valence-electron chi connectivity index (χ3n) is 5.95. The first-order valence-corrected chi connectivity index (χ1v) is 10.6. The van der Waals surface area contributed by atoms with Crippen LogP contribution in [0.1, 0.15) is 57.1 Å². The van der Waals surface area contributed by atoms with Crippen molar-refractivity contribution in [1.82, 2.24) is 15.1 Å². The van der Waals surface area contributed by atoms with Gasteiger partial charge in [-0.15, -0.1) is 0 Å². The summed E-state index contributed by atoms with van der Waals surface area (Å²) >= 11 is 0. The predicted molar refractivity (Wildman–Crippen MR) is 121 cm³/mol. The van der Waals surface area contributed by atoms with Gasteiger partial charge in [0.05, 0.1) is 6.04 Å². The van der Waals surface area contributed by atoms with E-state index in [1.165, 1.54) is 4.68 Å². The molecule has 7 nitrogen and oxygen atoms in total. The minimum Gasteiger partial charge on any atom is -0.383 e. The first-order valence-electron chi connectivity index (χ1n) is 10.6. The number of amides is 2.